The van der Waals surface area contributed by atoms with Crippen LogP contribution in [0.25, 0.3) is 21.2 Å². The highest BCUT2D eigenvalue weighted by Crippen LogP contribution is 2.47. The summed E-state index contributed by atoms with van der Waals surface area (Å²) < 4.78 is 0. The molecule has 0 fully saturated rings. The van der Waals surface area contributed by atoms with Crippen LogP contribution in [0, 0.1) is 5.41 Å². The van der Waals surface area contributed by atoms with Gasteiger partial charge in [-0.25, -0.2) is 4.79 Å². The zero-order valence-corrected chi connectivity index (χ0v) is 16.5. The molecule has 0 atom stereocenters. The van der Waals surface area contributed by atoms with Gasteiger partial charge < -0.3 is 5.11 Å². The Morgan fingerprint density at radius 3 is 2.78 bits per heavy atom. The molecular formula is C22H24N2O2S. The Bertz CT molecular complexity index is 1040. The van der Waals surface area contributed by atoms with E-state index in [9.17, 15) is 9.90 Å². The SMILES string of the molecule is CC1(C)CCc2sc(-c3c(CNN)ccc4ccccc34)c(C(=O)O)c2C1. The summed E-state index contributed by atoms with van der Waals surface area (Å²) in [5, 5.41) is 12.3. The monoisotopic (exact) mass is 380 g/mol. The van der Waals surface area contributed by atoms with Gasteiger partial charge in [-0.15, -0.1) is 11.3 Å². The molecular weight excluding hydrogens is 356 g/mol. The molecule has 0 bridgehead atoms. The zero-order valence-electron chi connectivity index (χ0n) is 15.6. The standard InChI is InChI=1S/C22H24N2O2S/c1-22(2)10-9-17-16(11-22)19(21(25)26)20(27-17)18-14(12-24-23)8-7-13-5-3-4-6-15(13)18/h3-8,24H,9-12,23H2,1-2H3,(H,25,26). The molecule has 0 unspecified atom stereocenters. The molecule has 0 amide bonds. The molecule has 0 saturated carbocycles. The minimum atomic E-state index is -0.834. The van der Waals surface area contributed by atoms with Gasteiger partial charge in [0.15, 0.2) is 0 Å². The molecule has 1 heterocycles. The number of carboxylic acids is 1. The Morgan fingerprint density at radius 2 is 2.04 bits per heavy atom. The van der Waals surface area contributed by atoms with Crippen molar-refractivity contribution in [2.24, 2.45) is 11.3 Å². The summed E-state index contributed by atoms with van der Waals surface area (Å²) in [5.74, 6) is 4.79. The summed E-state index contributed by atoms with van der Waals surface area (Å²) in [6.45, 7) is 4.94. The quantitative estimate of drug-likeness (QED) is 0.451. The van der Waals surface area contributed by atoms with Crippen molar-refractivity contribution < 1.29 is 9.90 Å². The van der Waals surface area contributed by atoms with Crippen LogP contribution < -0.4 is 11.3 Å². The van der Waals surface area contributed by atoms with E-state index in [4.69, 9.17) is 5.84 Å². The first-order valence-corrected chi connectivity index (χ1v) is 10.1. The number of aryl methyl sites for hydroxylation is 1. The van der Waals surface area contributed by atoms with E-state index in [0.29, 0.717) is 12.1 Å². The Kier molecular flexibility index (Phi) is 4.54. The largest absolute Gasteiger partial charge is 0.478 e. The molecule has 1 aliphatic carbocycles. The number of benzene rings is 2. The van der Waals surface area contributed by atoms with E-state index in [-0.39, 0.29) is 5.41 Å². The van der Waals surface area contributed by atoms with Gasteiger partial charge in [0.05, 0.1) is 10.4 Å². The van der Waals surface area contributed by atoms with Gasteiger partial charge in [0.2, 0.25) is 0 Å². The number of aromatic carboxylic acids is 1. The summed E-state index contributed by atoms with van der Waals surface area (Å²) >= 11 is 1.65. The highest BCUT2D eigenvalue weighted by molar-refractivity contribution is 7.16. The number of nitrogens with two attached hydrogens (primary N) is 1. The van der Waals surface area contributed by atoms with Crippen molar-refractivity contribution in [3.8, 4) is 10.4 Å². The maximum absolute atomic E-state index is 12.3. The Hall–Kier alpha value is -2.21. The van der Waals surface area contributed by atoms with E-state index >= 15 is 0 Å². The predicted octanol–water partition coefficient (Wildman–Crippen LogP) is 4.74. The molecule has 5 heteroatoms. The maximum atomic E-state index is 12.3. The number of thiophene rings is 1. The normalized spacial score (nSPS) is 15.7. The van der Waals surface area contributed by atoms with E-state index in [1.165, 1.54) is 4.88 Å². The van der Waals surface area contributed by atoms with Crippen molar-refractivity contribution in [3.05, 3.63) is 58.0 Å². The van der Waals surface area contributed by atoms with Crippen molar-refractivity contribution in [1.82, 2.24) is 5.43 Å². The van der Waals surface area contributed by atoms with E-state index in [2.05, 4.69) is 37.5 Å². The second-order valence-electron chi connectivity index (χ2n) is 8.06. The second kappa shape index (κ2) is 6.75. The van der Waals surface area contributed by atoms with Gasteiger partial charge >= 0.3 is 5.97 Å². The highest BCUT2D eigenvalue weighted by atomic mass is 32.1. The summed E-state index contributed by atoms with van der Waals surface area (Å²) in [5.41, 5.74) is 6.41. The van der Waals surface area contributed by atoms with Crippen molar-refractivity contribution >= 4 is 28.1 Å². The number of hydrogen-bond donors (Lipinski definition) is 3. The van der Waals surface area contributed by atoms with Crippen LogP contribution >= 0.6 is 11.3 Å². The molecule has 1 aromatic heterocycles. The highest BCUT2D eigenvalue weighted by Gasteiger charge is 2.33. The molecule has 0 radical (unpaired) electrons. The number of carboxylic acid groups (broad SMARTS) is 1. The number of hydrazine groups is 1. The number of hydrogen-bond acceptors (Lipinski definition) is 4. The van der Waals surface area contributed by atoms with Crippen molar-refractivity contribution in [2.45, 2.75) is 39.7 Å². The van der Waals surface area contributed by atoms with Crippen LogP contribution in [0.5, 0.6) is 0 Å². The predicted molar refractivity (Wildman–Crippen MR) is 111 cm³/mol. The van der Waals surface area contributed by atoms with Crippen LogP contribution in [0.3, 0.4) is 0 Å². The van der Waals surface area contributed by atoms with E-state index in [0.717, 1.165) is 51.6 Å². The second-order valence-corrected chi connectivity index (χ2v) is 9.16. The summed E-state index contributed by atoms with van der Waals surface area (Å²) in [6.07, 6.45) is 2.85. The minimum Gasteiger partial charge on any atom is -0.478 e. The van der Waals surface area contributed by atoms with Crippen LogP contribution in [-0.2, 0) is 19.4 Å². The molecule has 0 spiro atoms. The summed E-state index contributed by atoms with van der Waals surface area (Å²) in [4.78, 5) is 14.4. The van der Waals surface area contributed by atoms with E-state index < -0.39 is 5.97 Å². The first-order chi connectivity index (χ1) is 12.9. The summed E-state index contributed by atoms with van der Waals surface area (Å²) in [7, 11) is 0. The van der Waals surface area contributed by atoms with Crippen LogP contribution in [0.4, 0.5) is 0 Å². The molecule has 0 saturated heterocycles. The lowest BCUT2D eigenvalue weighted by atomic mass is 9.75. The number of fused-ring (bicyclic) bond motifs is 2. The topological polar surface area (TPSA) is 75.3 Å². The number of rotatable bonds is 4. The molecule has 0 aliphatic heterocycles. The Balaban J connectivity index is 2.03. The average molecular weight is 381 g/mol. The lowest BCUT2D eigenvalue weighted by molar-refractivity contribution is 0.0696. The number of nitrogens with one attached hydrogen (secondary N) is 1. The molecule has 2 aromatic carbocycles. The maximum Gasteiger partial charge on any atom is 0.337 e. The van der Waals surface area contributed by atoms with E-state index in [1.54, 1.807) is 11.3 Å². The average Bonchev–Trinajstić information content (AvgIpc) is 2.98. The fourth-order valence-electron chi connectivity index (χ4n) is 4.16. The Morgan fingerprint density at radius 1 is 1.26 bits per heavy atom. The van der Waals surface area contributed by atoms with Crippen molar-refractivity contribution in [3.63, 3.8) is 0 Å². The lowest BCUT2D eigenvalue weighted by Crippen LogP contribution is -2.22. The van der Waals surface area contributed by atoms with Crippen molar-refractivity contribution in [2.75, 3.05) is 0 Å². The molecule has 3 aromatic rings. The third-order valence-electron chi connectivity index (χ3n) is 5.52. The van der Waals surface area contributed by atoms with Gasteiger partial charge in [0.1, 0.15) is 0 Å². The molecule has 1 aliphatic rings. The first kappa shape index (κ1) is 18.2. The van der Waals surface area contributed by atoms with Crippen LogP contribution in [0.1, 0.15) is 46.6 Å². The smallest absolute Gasteiger partial charge is 0.337 e. The van der Waals surface area contributed by atoms with Crippen LogP contribution in [-0.4, -0.2) is 11.1 Å². The number of carbonyl (C=O) groups is 1. The fourth-order valence-corrected chi connectivity index (χ4v) is 5.57. The summed E-state index contributed by atoms with van der Waals surface area (Å²) in [6, 6.07) is 12.3. The van der Waals surface area contributed by atoms with Gasteiger partial charge in [0.25, 0.3) is 0 Å². The minimum absolute atomic E-state index is 0.135. The van der Waals surface area contributed by atoms with Gasteiger partial charge in [-0.1, -0.05) is 50.2 Å². The molecule has 27 heavy (non-hydrogen) atoms. The molecule has 4 N–H and O–H groups in total. The van der Waals surface area contributed by atoms with E-state index in [1.807, 2.05) is 18.2 Å². The fraction of sp³-hybridized carbons (Fsp3) is 0.318. The molecule has 4 rings (SSSR count). The van der Waals surface area contributed by atoms with Gasteiger partial charge in [-0.05, 0) is 46.6 Å². The Labute approximate surface area is 163 Å². The molecule has 140 valence electrons. The third kappa shape index (κ3) is 3.16. The van der Waals surface area contributed by atoms with Crippen molar-refractivity contribution in [1.29, 1.82) is 0 Å². The lowest BCUT2D eigenvalue weighted by Gasteiger charge is -2.29. The van der Waals surface area contributed by atoms with Gasteiger partial charge in [-0.2, -0.15) is 0 Å². The molecule has 4 nitrogen and oxygen atoms in total. The third-order valence-corrected chi connectivity index (χ3v) is 6.83. The van der Waals surface area contributed by atoms with Crippen LogP contribution in [0.15, 0.2) is 36.4 Å². The van der Waals surface area contributed by atoms with Gasteiger partial charge in [-0.3, -0.25) is 11.3 Å². The zero-order chi connectivity index (χ0) is 19.2. The van der Waals surface area contributed by atoms with Gasteiger partial charge in [0, 0.05) is 17.0 Å². The first-order valence-electron chi connectivity index (χ1n) is 9.23. The van der Waals surface area contributed by atoms with Crippen LogP contribution in [0.2, 0.25) is 0 Å².